The summed E-state index contributed by atoms with van der Waals surface area (Å²) in [4.78, 5) is 23.2. The third-order valence-corrected chi connectivity index (χ3v) is 5.33. The molecule has 136 valence electrons. The monoisotopic (exact) mass is 379 g/mol. The van der Waals surface area contributed by atoms with E-state index in [2.05, 4.69) is 9.97 Å². The Bertz CT molecular complexity index is 1170. The Hall–Kier alpha value is -3.19. The summed E-state index contributed by atoms with van der Waals surface area (Å²) in [6, 6.07) is 13.3. The summed E-state index contributed by atoms with van der Waals surface area (Å²) in [5.74, 6) is 1.30. The molecule has 0 unspecified atom stereocenters. The summed E-state index contributed by atoms with van der Waals surface area (Å²) >= 11 is 1.48. The van der Waals surface area contributed by atoms with Crippen molar-refractivity contribution in [1.82, 2.24) is 14.5 Å². The molecule has 0 saturated carbocycles. The van der Waals surface area contributed by atoms with E-state index in [4.69, 9.17) is 9.47 Å². The van der Waals surface area contributed by atoms with Crippen LogP contribution >= 0.6 is 11.3 Å². The van der Waals surface area contributed by atoms with Crippen LogP contribution in [0.3, 0.4) is 0 Å². The standard InChI is InChI=1S/C20H17N3O3S/c1-25-15-5-3-4-13(8-15)11-23-12-22-19-16(20(23)24)10-17(27-19)14-6-7-21-18(9-14)26-2/h3-10,12H,11H2,1-2H3. The topological polar surface area (TPSA) is 66.2 Å². The molecular formula is C20H17N3O3S. The van der Waals surface area contributed by atoms with Gasteiger partial charge in [-0.25, -0.2) is 9.97 Å². The minimum atomic E-state index is -0.0636. The van der Waals surface area contributed by atoms with Gasteiger partial charge in [-0.2, -0.15) is 0 Å². The maximum atomic E-state index is 12.9. The number of hydrogen-bond acceptors (Lipinski definition) is 6. The van der Waals surface area contributed by atoms with E-state index in [-0.39, 0.29) is 5.56 Å². The van der Waals surface area contributed by atoms with E-state index in [0.717, 1.165) is 21.8 Å². The maximum Gasteiger partial charge on any atom is 0.262 e. The van der Waals surface area contributed by atoms with Crippen LogP contribution in [0.15, 0.2) is 59.8 Å². The molecule has 27 heavy (non-hydrogen) atoms. The van der Waals surface area contributed by atoms with Gasteiger partial charge in [0.05, 0.1) is 32.5 Å². The zero-order valence-corrected chi connectivity index (χ0v) is 15.7. The van der Waals surface area contributed by atoms with Crippen LogP contribution in [-0.4, -0.2) is 28.8 Å². The second kappa shape index (κ2) is 7.20. The number of hydrogen-bond donors (Lipinski definition) is 0. The van der Waals surface area contributed by atoms with E-state index in [0.29, 0.717) is 22.6 Å². The molecule has 3 aromatic heterocycles. The lowest BCUT2D eigenvalue weighted by atomic mass is 10.2. The van der Waals surface area contributed by atoms with Crippen molar-refractivity contribution in [2.45, 2.75) is 6.54 Å². The van der Waals surface area contributed by atoms with Crippen molar-refractivity contribution in [1.29, 1.82) is 0 Å². The maximum absolute atomic E-state index is 12.9. The number of rotatable bonds is 5. The molecule has 0 aliphatic heterocycles. The van der Waals surface area contributed by atoms with Crippen LogP contribution in [0.1, 0.15) is 5.56 Å². The molecule has 0 N–H and O–H groups in total. The number of ether oxygens (including phenoxy) is 2. The molecule has 6 nitrogen and oxygen atoms in total. The van der Waals surface area contributed by atoms with Gasteiger partial charge in [-0.05, 0) is 35.4 Å². The van der Waals surface area contributed by atoms with E-state index < -0.39 is 0 Å². The van der Waals surface area contributed by atoms with Crippen molar-refractivity contribution in [3.05, 3.63) is 70.9 Å². The SMILES string of the molecule is COc1cccc(Cn2cnc3sc(-c4ccnc(OC)c4)cc3c2=O)c1. The number of fused-ring (bicyclic) bond motifs is 1. The molecule has 4 aromatic rings. The highest BCUT2D eigenvalue weighted by Crippen LogP contribution is 2.31. The second-order valence-electron chi connectivity index (χ2n) is 5.95. The first kappa shape index (κ1) is 17.2. The third kappa shape index (κ3) is 3.41. The molecule has 0 fully saturated rings. The van der Waals surface area contributed by atoms with Crippen molar-refractivity contribution < 1.29 is 9.47 Å². The zero-order valence-electron chi connectivity index (χ0n) is 14.9. The normalized spacial score (nSPS) is 10.9. The highest BCUT2D eigenvalue weighted by Gasteiger charge is 2.11. The van der Waals surface area contributed by atoms with Crippen molar-refractivity contribution in [2.24, 2.45) is 0 Å². The van der Waals surface area contributed by atoms with Crippen LogP contribution in [0.2, 0.25) is 0 Å². The van der Waals surface area contributed by atoms with Gasteiger partial charge in [0.25, 0.3) is 5.56 Å². The first-order valence-corrected chi connectivity index (χ1v) is 9.12. The van der Waals surface area contributed by atoms with Gasteiger partial charge in [0, 0.05) is 17.1 Å². The highest BCUT2D eigenvalue weighted by molar-refractivity contribution is 7.21. The molecule has 0 atom stereocenters. The Kier molecular flexibility index (Phi) is 4.60. The fourth-order valence-electron chi connectivity index (χ4n) is 2.86. The van der Waals surface area contributed by atoms with E-state index in [1.165, 1.54) is 11.3 Å². The van der Waals surface area contributed by atoms with Crippen LogP contribution in [0.25, 0.3) is 20.7 Å². The summed E-state index contributed by atoms with van der Waals surface area (Å²) in [5.41, 5.74) is 1.86. The highest BCUT2D eigenvalue weighted by atomic mass is 32.1. The molecule has 0 saturated heterocycles. The van der Waals surface area contributed by atoms with Gasteiger partial charge >= 0.3 is 0 Å². The van der Waals surface area contributed by atoms with Crippen LogP contribution in [-0.2, 0) is 6.54 Å². The lowest BCUT2D eigenvalue weighted by Gasteiger charge is -2.07. The second-order valence-corrected chi connectivity index (χ2v) is 6.98. The molecule has 1 aromatic carbocycles. The summed E-state index contributed by atoms with van der Waals surface area (Å²) in [5, 5.41) is 0.608. The quantitative estimate of drug-likeness (QED) is 0.530. The van der Waals surface area contributed by atoms with Gasteiger partial charge in [0.1, 0.15) is 10.6 Å². The van der Waals surface area contributed by atoms with E-state index in [9.17, 15) is 4.79 Å². The summed E-state index contributed by atoms with van der Waals surface area (Å²) in [6.45, 7) is 0.438. The summed E-state index contributed by atoms with van der Waals surface area (Å²) in [7, 11) is 3.20. The van der Waals surface area contributed by atoms with Gasteiger partial charge in [0.15, 0.2) is 0 Å². The molecular weight excluding hydrogens is 362 g/mol. The van der Waals surface area contributed by atoms with Gasteiger partial charge in [-0.3, -0.25) is 9.36 Å². The zero-order chi connectivity index (χ0) is 18.8. The van der Waals surface area contributed by atoms with Crippen LogP contribution in [0.5, 0.6) is 11.6 Å². The number of thiophene rings is 1. The number of pyridine rings is 1. The first-order valence-electron chi connectivity index (χ1n) is 8.30. The van der Waals surface area contributed by atoms with E-state index in [1.54, 1.807) is 31.3 Å². The first-order chi connectivity index (χ1) is 13.2. The molecule has 3 heterocycles. The summed E-state index contributed by atoms with van der Waals surface area (Å²) < 4.78 is 12.0. The Balaban J connectivity index is 1.72. The Morgan fingerprint density at radius 1 is 1.07 bits per heavy atom. The minimum Gasteiger partial charge on any atom is -0.497 e. The Labute approximate surface area is 159 Å². The minimum absolute atomic E-state index is 0.0636. The van der Waals surface area contributed by atoms with Crippen molar-refractivity contribution in [2.75, 3.05) is 14.2 Å². The van der Waals surface area contributed by atoms with Gasteiger partial charge < -0.3 is 9.47 Å². The summed E-state index contributed by atoms with van der Waals surface area (Å²) in [6.07, 6.45) is 3.28. The van der Waals surface area contributed by atoms with E-state index in [1.807, 2.05) is 42.5 Å². The number of benzene rings is 1. The van der Waals surface area contributed by atoms with E-state index >= 15 is 0 Å². The molecule has 0 radical (unpaired) electrons. The average molecular weight is 379 g/mol. The Morgan fingerprint density at radius 2 is 1.96 bits per heavy atom. The molecule has 0 bridgehead atoms. The Morgan fingerprint density at radius 3 is 2.78 bits per heavy atom. The number of aromatic nitrogens is 3. The van der Waals surface area contributed by atoms with Gasteiger partial charge in [0.2, 0.25) is 5.88 Å². The third-order valence-electron chi connectivity index (χ3n) is 4.23. The van der Waals surface area contributed by atoms with Crippen molar-refractivity contribution >= 4 is 21.6 Å². The van der Waals surface area contributed by atoms with Gasteiger partial charge in [-0.15, -0.1) is 11.3 Å². The number of nitrogens with zero attached hydrogens (tertiary/aromatic N) is 3. The molecule has 0 aliphatic carbocycles. The van der Waals surface area contributed by atoms with Crippen molar-refractivity contribution in [3.8, 4) is 22.1 Å². The lowest BCUT2D eigenvalue weighted by Crippen LogP contribution is -2.20. The predicted molar refractivity (Wildman–Crippen MR) is 106 cm³/mol. The van der Waals surface area contributed by atoms with Crippen LogP contribution in [0.4, 0.5) is 0 Å². The lowest BCUT2D eigenvalue weighted by molar-refractivity contribution is 0.398. The fourth-order valence-corrected chi connectivity index (χ4v) is 3.84. The number of methoxy groups -OCH3 is 2. The smallest absolute Gasteiger partial charge is 0.262 e. The largest absolute Gasteiger partial charge is 0.497 e. The predicted octanol–water partition coefficient (Wildman–Crippen LogP) is 3.59. The fraction of sp³-hybridized carbons (Fsp3) is 0.150. The van der Waals surface area contributed by atoms with Crippen LogP contribution in [0, 0.1) is 0 Å². The van der Waals surface area contributed by atoms with Crippen LogP contribution < -0.4 is 15.0 Å². The van der Waals surface area contributed by atoms with Crippen molar-refractivity contribution in [3.63, 3.8) is 0 Å². The van der Waals surface area contributed by atoms with Gasteiger partial charge in [-0.1, -0.05) is 12.1 Å². The molecule has 0 amide bonds. The molecule has 7 heteroatoms. The molecule has 4 rings (SSSR count). The average Bonchev–Trinajstić information content (AvgIpc) is 3.15. The molecule has 0 spiro atoms. The molecule has 0 aliphatic rings.